The highest BCUT2D eigenvalue weighted by molar-refractivity contribution is 5.83. The molecule has 0 atom stereocenters. The Kier molecular flexibility index (Phi) is 11.2. The van der Waals surface area contributed by atoms with Gasteiger partial charge in [0, 0.05) is 13.2 Å². The van der Waals surface area contributed by atoms with E-state index in [0.717, 1.165) is 18.4 Å². The molecule has 0 aromatic carbocycles. The van der Waals surface area contributed by atoms with Gasteiger partial charge in [0.1, 0.15) is 0 Å². The van der Waals surface area contributed by atoms with E-state index in [4.69, 9.17) is 9.47 Å². The Morgan fingerprint density at radius 1 is 1.19 bits per heavy atom. The molecule has 0 fully saturated rings. The van der Waals surface area contributed by atoms with Gasteiger partial charge in [-0.2, -0.15) is 0 Å². The minimum absolute atomic E-state index is 0.302. The molecule has 0 amide bonds. The van der Waals surface area contributed by atoms with Crippen LogP contribution in [0.3, 0.4) is 0 Å². The molecule has 0 spiro atoms. The summed E-state index contributed by atoms with van der Waals surface area (Å²) in [5.41, 5.74) is 3.43. The molecule has 0 saturated carbocycles. The molecular formula is C18H28O3. The third kappa shape index (κ3) is 11.9. The molecule has 21 heavy (non-hydrogen) atoms. The van der Waals surface area contributed by atoms with Crippen LogP contribution in [-0.4, -0.2) is 26.3 Å². The van der Waals surface area contributed by atoms with Gasteiger partial charge < -0.3 is 9.47 Å². The van der Waals surface area contributed by atoms with Crippen molar-refractivity contribution in [1.29, 1.82) is 0 Å². The van der Waals surface area contributed by atoms with Crippen LogP contribution >= 0.6 is 0 Å². The predicted octanol–water partition coefficient (Wildman–Crippen LogP) is 4.37. The Bertz CT molecular complexity index is 422. The fourth-order valence-corrected chi connectivity index (χ4v) is 1.69. The molecule has 3 heteroatoms. The Morgan fingerprint density at radius 2 is 1.90 bits per heavy atom. The van der Waals surface area contributed by atoms with E-state index in [1.165, 1.54) is 17.2 Å². The lowest BCUT2D eigenvalue weighted by Crippen LogP contribution is -1.99. The summed E-state index contributed by atoms with van der Waals surface area (Å²) in [6.45, 7) is 8.89. The van der Waals surface area contributed by atoms with Gasteiger partial charge in [0.25, 0.3) is 0 Å². The number of allylic oxidation sites excluding steroid dienone is 6. The Balaban J connectivity index is 4.56. The second-order valence-electron chi connectivity index (χ2n) is 5.08. The van der Waals surface area contributed by atoms with E-state index in [2.05, 4.69) is 19.9 Å². The van der Waals surface area contributed by atoms with Crippen molar-refractivity contribution in [3.8, 4) is 0 Å². The van der Waals surface area contributed by atoms with Gasteiger partial charge in [-0.1, -0.05) is 29.9 Å². The maximum absolute atomic E-state index is 11.3. The maximum Gasteiger partial charge on any atom is 0.330 e. The van der Waals surface area contributed by atoms with Gasteiger partial charge in [-0.15, -0.1) is 0 Å². The minimum atomic E-state index is -0.302. The normalized spacial score (nSPS) is 12.6. The number of methoxy groups -OCH3 is 1. The molecule has 0 heterocycles. The third-order valence-corrected chi connectivity index (χ3v) is 2.67. The summed E-state index contributed by atoms with van der Waals surface area (Å²) in [5, 5.41) is 0. The minimum Gasteiger partial charge on any atom is -0.463 e. The van der Waals surface area contributed by atoms with Crippen molar-refractivity contribution in [2.75, 3.05) is 20.3 Å². The zero-order chi connectivity index (χ0) is 16.1. The summed E-state index contributed by atoms with van der Waals surface area (Å²) in [7, 11) is 1.70. The summed E-state index contributed by atoms with van der Waals surface area (Å²) in [4.78, 5) is 11.3. The molecule has 0 saturated heterocycles. The average Bonchev–Trinajstić information content (AvgIpc) is 2.38. The monoisotopic (exact) mass is 292 g/mol. The fraction of sp³-hybridized carbons (Fsp3) is 0.500. The van der Waals surface area contributed by atoms with Crippen molar-refractivity contribution in [2.45, 2.75) is 40.5 Å². The van der Waals surface area contributed by atoms with Crippen LogP contribution in [0.4, 0.5) is 0 Å². The second-order valence-corrected chi connectivity index (χ2v) is 5.08. The molecule has 0 bridgehead atoms. The van der Waals surface area contributed by atoms with Gasteiger partial charge in [-0.25, -0.2) is 4.79 Å². The van der Waals surface area contributed by atoms with Crippen LogP contribution in [-0.2, 0) is 14.3 Å². The lowest BCUT2D eigenvalue weighted by atomic mass is 10.1. The van der Waals surface area contributed by atoms with Crippen LogP contribution in [0.1, 0.15) is 40.5 Å². The molecule has 0 N–H and O–H groups in total. The number of carbonyl (C=O) groups is 1. The van der Waals surface area contributed by atoms with Gasteiger partial charge in [-0.3, -0.25) is 0 Å². The van der Waals surface area contributed by atoms with Crippen molar-refractivity contribution >= 4 is 5.97 Å². The quantitative estimate of drug-likeness (QED) is 0.274. The van der Waals surface area contributed by atoms with Crippen molar-refractivity contribution in [2.24, 2.45) is 0 Å². The van der Waals surface area contributed by atoms with Crippen LogP contribution in [0.5, 0.6) is 0 Å². The van der Waals surface area contributed by atoms with Crippen molar-refractivity contribution in [3.63, 3.8) is 0 Å². The van der Waals surface area contributed by atoms with E-state index >= 15 is 0 Å². The standard InChI is InChI=1S/C18H28O3/c1-6-21-18(19)13-16(4)10-8-12-17(14-20-5)11-7-9-15(2)3/h8-10,12-13H,6-7,11,14H2,1-5H3. The first-order valence-electron chi connectivity index (χ1n) is 7.33. The molecule has 0 aliphatic rings. The first kappa shape index (κ1) is 19.4. The van der Waals surface area contributed by atoms with E-state index in [1.54, 1.807) is 14.0 Å². The van der Waals surface area contributed by atoms with E-state index in [9.17, 15) is 4.79 Å². The summed E-state index contributed by atoms with van der Waals surface area (Å²) in [6.07, 6.45) is 11.6. The highest BCUT2D eigenvalue weighted by Crippen LogP contribution is 2.09. The van der Waals surface area contributed by atoms with E-state index in [-0.39, 0.29) is 5.97 Å². The van der Waals surface area contributed by atoms with E-state index in [0.29, 0.717) is 13.2 Å². The molecule has 0 aliphatic carbocycles. The Hall–Kier alpha value is -1.61. The van der Waals surface area contributed by atoms with Gasteiger partial charge >= 0.3 is 5.97 Å². The van der Waals surface area contributed by atoms with Gasteiger partial charge in [0.2, 0.25) is 0 Å². The fourth-order valence-electron chi connectivity index (χ4n) is 1.69. The van der Waals surface area contributed by atoms with Crippen molar-refractivity contribution in [3.05, 3.63) is 47.1 Å². The zero-order valence-corrected chi connectivity index (χ0v) is 13.9. The lowest BCUT2D eigenvalue weighted by Gasteiger charge is -2.03. The number of hydrogen-bond donors (Lipinski definition) is 0. The number of rotatable bonds is 9. The molecule has 0 aromatic heterocycles. The summed E-state index contributed by atoms with van der Waals surface area (Å²) in [5.74, 6) is -0.302. The molecular weight excluding hydrogens is 264 g/mol. The van der Waals surface area contributed by atoms with Crippen LogP contribution in [0, 0.1) is 0 Å². The number of ether oxygens (including phenoxy) is 2. The van der Waals surface area contributed by atoms with Gasteiger partial charge in [0.15, 0.2) is 0 Å². The molecule has 0 rings (SSSR count). The highest BCUT2D eigenvalue weighted by Gasteiger charge is 1.96. The topological polar surface area (TPSA) is 35.5 Å². The second kappa shape index (κ2) is 12.2. The zero-order valence-electron chi connectivity index (χ0n) is 13.9. The predicted molar refractivity (Wildman–Crippen MR) is 88.2 cm³/mol. The Morgan fingerprint density at radius 3 is 2.48 bits per heavy atom. The van der Waals surface area contributed by atoms with E-state index in [1.807, 2.05) is 25.2 Å². The molecule has 0 aliphatic heterocycles. The average molecular weight is 292 g/mol. The molecule has 0 radical (unpaired) electrons. The summed E-state index contributed by atoms with van der Waals surface area (Å²) < 4.78 is 10.1. The van der Waals surface area contributed by atoms with Crippen LogP contribution in [0.2, 0.25) is 0 Å². The largest absolute Gasteiger partial charge is 0.463 e. The Labute approximate surface area is 129 Å². The van der Waals surface area contributed by atoms with Crippen LogP contribution in [0.25, 0.3) is 0 Å². The number of esters is 1. The highest BCUT2D eigenvalue weighted by atomic mass is 16.5. The van der Waals surface area contributed by atoms with Gasteiger partial charge in [0.05, 0.1) is 13.2 Å². The van der Waals surface area contributed by atoms with E-state index < -0.39 is 0 Å². The third-order valence-electron chi connectivity index (χ3n) is 2.67. The molecule has 3 nitrogen and oxygen atoms in total. The van der Waals surface area contributed by atoms with Crippen molar-refractivity contribution < 1.29 is 14.3 Å². The maximum atomic E-state index is 11.3. The van der Waals surface area contributed by atoms with Crippen LogP contribution in [0.15, 0.2) is 47.1 Å². The molecule has 118 valence electrons. The first-order valence-corrected chi connectivity index (χ1v) is 7.33. The smallest absolute Gasteiger partial charge is 0.330 e. The van der Waals surface area contributed by atoms with Gasteiger partial charge in [-0.05, 0) is 51.7 Å². The lowest BCUT2D eigenvalue weighted by molar-refractivity contribution is -0.137. The number of hydrogen-bond acceptors (Lipinski definition) is 3. The SMILES string of the molecule is CCOC(=O)C=C(C)C=CC=C(CCC=C(C)C)COC. The summed E-state index contributed by atoms with van der Waals surface area (Å²) in [6, 6.07) is 0. The molecule has 0 unspecified atom stereocenters. The molecule has 0 aromatic rings. The number of carbonyl (C=O) groups excluding carboxylic acids is 1. The van der Waals surface area contributed by atoms with Crippen molar-refractivity contribution in [1.82, 2.24) is 0 Å². The first-order chi connectivity index (χ1) is 9.99. The summed E-state index contributed by atoms with van der Waals surface area (Å²) >= 11 is 0. The van der Waals surface area contributed by atoms with Crippen LogP contribution < -0.4 is 0 Å².